The van der Waals surface area contributed by atoms with Crippen molar-refractivity contribution in [2.45, 2.75) is 32.9 Å². The van der Waals surface area contributed by atoms with E-state index in [4.69, 9.17) is 4.74 Å². The largest absolute Gasteiger partial charge is 0.505 e. The van der Waals surface area contributed by atoms with Gasteiger partial charge in [0.15, 0.2) is 11.4 Å². The van der Waals surface area contributed by atoms with E-state index in [9.17, 15) is 19.5 Å². The Kier molecular flexibility index (Phi) is 6.77. The summed E-state index contributed by atoms with van der Waals surface area (Å²) in [5.74, 6) is -0.993. The first kappa shape index (κ1) is 22.8. The molecule has 0 spiro atoms. The maximum atomic E-state index is 12.8. The third-order valence-electron chi connectivity index (χ3n) is 4.49. The molecule has 0 unspecified atom stereocenters. The Balaban J connectivity index is 1.68. The van der Waals surface area contributed by atoms with E-state index in [1.165, 1.54) is 10.8 Å². The van der Waals surface area contributed by atoms with Gasteiger partial charge in [-0.05, 0) is 32.4 Å². The van der Waals surface area contributed by atoms with E-state index in [1.54, 1.807) is 33.0 Å². The van der Waals surface area contributed by atoms with Crippen LogP contribution in [0.25, 0.3) is 10.8 Å². The molecule has 0 saturated carbocycles. The predicted molar refractivity (Wildman–Crippen MR) is 120 cm³/mol. The number of nitrogens with one attached hydrogen (secondary N) is 2. The van der Waals surface area contributed by atoms with Crippen molar-refractivity contribution in [1.82, 2.24) is 20.2 Å². The van der Waals surface area contributed by atoms with E-state index in [-0.39, 0.29) is 40.9 Å². The number of carbonyl (C=O) groups is 2. The maximum absolute atomic E-state index is 12.8. The van der Waals surface area contributed by atoms with Crippen LogP contribution in [0.3, 0.4) is 0 Å². The first-order valence-electron chi connectivity index (χ1n) is 10.2. The van der Waals surface area contributed by atoms with Gasteiger partial charge in [0.25, 0.3) is 11.5 Å². The van der Waals surface area contributed by atoms with Gasteiger partial charge in [-0.3, -0.25) is 9.59 Å². The Morgan fingerprint density at radius 1 is 1.06 bits per heavy atom. The number of hydrogen-bond donors (Lipinski definition) is 3. The fourth-order valence-electron chi connectivity index (χ4n) is 3.05. The Morgan fingerprint density at radius 2 is 1.75 bits per heavy atom. The minimum absolute atomic E-state index is 0.107. The van der Waals surface area contributed by atoms with Crippen LogP contribution in [0, 0.1) is 0 Å². The number of ether oxygens (including phenoxy) is 1. The van der Waals surface area contributed by atoms with Gasteiger partial charge in [-0.2, -0.15) is 0 Å². The Bertz CT molecular complexity index is 1180. The van der Waals surface area contributed by atoms with Crippen LogP contribution in [-0.4, -0.2) is 45.3 Å². The van der Waals surface area contributed by atoms with Gasteiger partial charge in [0.1, 0.15) is 5.60 Å². The predicted octanol–water partition coefficient (Wildman–Crippen LogP) is 2.40. The highest BCUT2D eigenvalue weighted by Crippen LogP contribution is 2.24. The normalized spacial score (nSPS) is 11.2. The van der Waals surface area contributed by atoms with Crippen LogP contribution in [-0.2, 0) is 11.3 Å². The van der Waals surface area contributed by atoms with Gasteiger partial charge < -0.3 is 25.0 Å². The van der Waals surface area contributed by atoms with E-state index < -0.39 is 17.6 Å². The first-order valence-corrected chi connectivity index (χ1v) is 10.2. The number of hydrogen-bond acceptors (Lipinski definition) is 6. The van der Waals surface area contributed by atoms with Crippen LogP contribution >= 0.6 is 0 Å². The Hall–Kier alpha value is -3.88. The number of alkyl carbamates (subject to hydrolysis) is 1. The maximum Gasteiger partial charge on any atom is 0.407 e. The molecule has 9 heteroatoms. The molecule has 0 fully saturated rings. The van der Waals surface area contributed by atoms with Crippen molar-refractivity contribution in [3.63, 3.8) is 0 Å². The van der Waals surface area contributed by atoms with Crippen molar-refractivity contribution in [2.24, 2.45) is 0 Å². The molecule has 0 atom stereocenters. The van der Waals surface area contributed by atoms with E-state index in [2.05, 4.69) is 15.6 Å². The lowest BCUT2D eigenvalue weighted by atomic mass is 10.1. The van der Waals surface area contributed by atoms with Gasteiger partial charge in [-0.15, -0.1) is 0 Å². The van der Waals surface area contributed by atoms with Gasteiger partial charge >= 0.3 is 6.09 Å². The summed E-state index contributed by atoms with van der Waals surface area (Å²) in [7, 11) is 0. The van der Waals surface area contributed by atoms with Crippen LogP contribution in [0.5, 0.6) is 5.75 Å². The molecule has 32 heavy (non-hydrogen) atoms. The molecule has 0 aliphatic heterocycles. The van der Waals surface area contributed by atoms with E-state index >= 15 is 0 Å². The van der Waals surface area contributed by atoms with Crippen molar-refractivity contribution >= 4 is 22.8 Å². The lowest BCUT2D eigenvalue weighted by Gasteiger charge is -2.19. The zero-order valence-corrected chi connectivity index (χ0v) is 18.2. The van der Waals surface area contributed by atoms with Crippen LogP contribution in [0.2, 0.25) is 0 Å². The lowest BCUT2D eigenvalue weighted by molar-refractivity contribution is 0.0526. The smallest absolute Gasteiger partial charge is 0.407 e. The highest BCUT2D eigenvalue weighted by atomic mass is 16.6. The molecule has 0 aliphatic rings. The van der Waals surface area contributed by atoms with Gasteiger partial charge in [0, 0.05) is 30.9 Å². The van der Waals surface area contributed by atoms with Gasteiger partial charge in [-0.25, -0.2) is 9.78 Å². The van der Waals surface area contributed by atoms with Gasteiger partial charge in [-0.1, -0.05) is 30.3 Å². The molecule has 1 aromatic carbocycles. The summed E-state index contributed by atoms with van der Waals surface area (Å²) >= 11 is 0. The summed E-state index contributed by atoms with van der Waals surface area (Å²) in [5, 5.41) is 16.1. The second-order valence-electron chi connectivity index (χ2n) is 8.20. The third kappa shape index (κ3) is 5.63. The molecule has 9 nitrogen and oxygen atoms in total. The van der Waals surface area contributed by atoms with E-state index in [0.29, 0.717) is 6.54 Å². The second-order valence-corrected chi connectivity index (χ2v) is 8.20. The van der Waals surface area contributed by atoms with Gasteiger partial charge in [0.05, 0.1) is 11.9 Å². The van der Waals surface area contributed by atoms with Crippen molar-refractivity contribution in [2.75, 3.05) is 13.1 Å². The first-order chi connectivity index (χ1) is 15.2. The highest BCUT2D eigenvalue weighted by molar-refractivity contribution is 6.01. The average Bonchev–Trinajstić information content (AvgIpc) is 2.73. The van der Waals surface area contributed by atoms with Crippen molar-refractivity contribution < 1.29 is 19.4 Å². The van der Waals surface area contributed by atoms with E-state index in [0.717, 1.165) is 5.56 Å². The molecule has 3 aromatic rings. The van der Waals surface area contributed by atoms with Crippen molar-refractivity contribution in [1.29, 1.82) is 0 Å². The summed E-state index contributed by atoms with van der Waals surface area (Å²) < 4.78 is 6.62. The molecule has 168 valence electrons. The minimum atomic E-state index is -0.621. The molecule has 3 rings (SSSR count). The third-order valence-corrected chi connectivity index (χ3v) is 4.49. The SMILES string of the molecule is CC(C)(C)OC(=O)NCCNC(=O)c1ncc2c(=O)n(Cc3ccccc3)ccc2c1O. The summed E-state index contributed by atoms with van der Waals surface area (Å²) in [6.45, 7) is 5.87. The summed E-state index contributed by atoms with van der Waals surface area (Å²) in [6, 6.07) is 11.1. The molecule has 2 amide bonds. The lowest BCUT2D eigenvalue weighted by Crippen LogP contribution is -2.38. The molecule has 0 saturated heterocycles. The molecular formula is C23H26N4O5. The number of carbonyl (C=O) groups excluding carboxylic acids is 2. The molecule has 0 bridgehead atoms. The van der Waals surface area contributed by atoms with Crippen LogP contribution < -0.4 is 16.2 Å². The Labute approximate surface area is 185 Å². The standard InChI is InChI=1S/C23H26N4O5/c1-23(2,3)32-22(31)25-11-10-24-20(29)18-19(28)16-9-12-27(21(30)17(16)13-26-18)14-15-7-5-4-6-8-15/h4-9,12-13,28H,10-11,14H2,1-3H3,(H,24,29)(H,25,31). The summed E-state index contributed by atoms with van der Waals surface area (Å²) in [5.41, 5.74) is -0.173. The molecule has 2 heterocycles. The zero-order chi connectivity index (χ0) is 23.3. The summed E-state index contributed by atoms with van der Waals surface area (Å²) in [6.07, 6.45) is 2.27. The van der Waals surface area contributed by atoms with Crippen LogP contribution in [0.4, 0.5) is 4.79 Å². The zero-order valence-electron chi connectivity index (χ0n) is 18.2. The number of pyridine rings is 2. The number of aromatic hydroxyl groups is 1. The highest BCUT2D eigenvalue weighted by Gasteiger charge is 2.18. The Morgan fingerprint density at radius 3 is 2.44 bits per heavy atom. The molecule has 3 N–H and O–H groups in total. The number of aromatic nitrogens is 2. The number of nitrogens with zero attached hydrogens (tertiary/aromatic N) is 2. The summed E-state index contributed by atoms with van der Waals surface area (Å²) in [4.78, 5) is 40.8. The number of amides is 2. The fraction of sp³-hybridized carbons (Fsp3) is 0.304. The topological polar surface area (TPSA) is 123 Å². The average molecular weight is 438 g/mol. The number of rotatable bonds is 6. The fourth-order valence-corrected chi connectivity index (χ4v) is 3.05. The van der Waals surface area contributed by atoms with Crippen LogP contribution in [0.1, 0.15) is 36.8 Å². The number of fused-ring (bicyclic) bond motifs is 1. The van der Waals surface area contributed by atoms with Crippen molar-refractivity contribution in [3.8, 4) is 5.75 Å². The number of benzene rings is 1. The quantitative estimate of drug-likeness (QED) is 0.508. The second kappa shape index (κ2) is 9.51. The monoisotopic (exact) mass is 438 g/mol. The molecular weight excluding hydrogens is 412 g/mol. The van der Waals surface area contributed by atoms with E-state index in [1.807, 2.05) is 30.3 Å². The molecule has 0 aliphatic carbocycles. The minimum Gasteiger partial charge on any atom is -0.505 e. The molecule has 2 aromatic heterocycles. The molecule has 0 radical (unpaired) electrons. The van der Waals surface area contributed by atoms with Crippen LogP contribution in [0.15, 0.2) is 53.6 Å². The van der Waals surface area contributed by atoms with Gasteiger partial charge in [0.2, 0.25) is 0 Å². The van der Waals surface area contributed by atoms with Crippen molar-refractivity contribution in [3.05, 3.63) is 70.4 Å².